The molecule has 0 heterocycles. The molecule has 12 heavy (non-hydrogen) atoms. The predicted octanol–water partition coefficient (Wildman–Crippen LogP) is 1.58. The van der Waals surface area contributed by atoms with Gasteiger partial charge in [0.1, 0.15) is 0 Å². The van der Waals surface area contributed by atoms with Crippen LogP contribution in [0.15, 0.2) is 0 Å². The number of aliphatic carboxylic acids is 1. The van der Waals surface area contributed by atoms with E-state index >= 15 is 0 Å². The number of rotatable bonds is 6. The molecule has 0 aromatic rings. The van der Waals surface area contributed by atoms with Gasteiger partial charge in [0.05, 0.1) is 6.54 Å². The molecule has 0 fully saturated rings. The minimum Gasteiger partial charge on any atom is -0.480 e. The summed E-state index contributed by atoms with van der Waals surface area (Å²) in [6.07, 6.45) is 2.18. The second kappa shape index (κ2) is 6.00. The lowest BCUT2D eigenvalue weighted by atomic mass is 10.1. The van der Waals surface area contributed by atoms with Crippen LogP contribution >= 0.6 is 0 Å². The van der Waals surface area contributed by atoms with Crippen molar-refractivity contribution in [3.63, 3.8) is 0 Å². The van der Waals surface area contributed by atoms with E-state index in [2.05, 4.69) is 13.8 Å². The largest absolute Gasteiger partial charge is 0.480 e. The van der Waals surface area contributed by atoms with Gasteiger partial charge in [0.15, 0.2) is 0 Å². The molecule has 3 nitrogen and oxygen atoms in total. The molecular weight excluding hydrogens is 154 g/mol. The maximum absolute atomic E-state index is 10.4. The maximum Gasteiger partial charge on any atom is 0.317 e. The summed E-state index contributed by atoms with van der Waals surface area (Å²) in [5, 5.41) is 8.59. The number of carbonyl (C=O) groups is 1. The molecule has 0 saturated heterocycles. The molecule has 0 aliphatic carbocycles. The van der Waals surface area contributed by atoms with E-state index in [1.807, 2.05) is 11.8 Å². The van der Waals surface area contributed by atoms with E-state index < -0.39 is 5.97 Å². The van der Waals surface area contributed by atoms with Crippen LogP contribution in [0.5, 0.6) is 0 Å². The lowest BCUT2D eigenvalue weighted by Crippen LogP contribution is -2.37. The van der Waals surface area contributed by atoms with E-state index in [0.29, 0.717) is 6.04 Å². The van der Waals surface area contributed by atoms with Gasteiger partial charge < -0.3 is 5.11 Å². The minimum atomic E-state index is -0.736. The molecule has 0 spiro atoms. The van der Waals surface area contributed by atoms with E-state index in [-0.39, 0.29) is 6.54 Å². The van der Waals surface area contributed by atoms with Crippen LogP contribution in [-0.4, -0.2) is 35.1 Å². The number of hydrogen-bond donors (Lipinski definition) is 1. The third kappa shape index (κ3) is 4.34. The Bertz CT molecular complexity index is 136. The van der Waals surface area contributed by atoms with E-state index in [0.717, 1.165) is 19.4 Å². The average Bonchev–Trinajstić information content (AvgIpc) is 2.00. The highest BCUT2D eigenvalue weighted by atomic mass is 16.4. The van der Waals surface area contributed by atoms with Crippen LogP contribution in [0.3, 0.4) is 0 Å². The smallest absolute Gasteiger partial charge is 0.317 e. The first-order valence-corrected chi connectivity index (χ1v) is 4.57. The molecule has 0 aromatic heterocycles. The van der Waals surface area contributed by atoms with Crippen molar-refractivity contribution >= 4 is 5.97 Å². The quantitative estimate of drug-likeness (QED) is 0.663. The van der Waals surface area contributed by atoms with Gasteiger partial charge in [0.25, 0.3) is 0 Å². The lowest BCUT2D eigenvalue weighted by molar-refractivity contribution is -0.138. The van der Waals surface area contributed by atoms with E-state index in [1.165, 1.54) is 0 Å². The van der Waals surface area contributed by atoms with Crippen LogP contribution < -0.4 is 0 Å². The van der Waals surface area contributed by atoms with E-state index in [1.54, 1.807) is 0 Å². The molecule has 0 aromatic carbocycles. The monoisotopic (exact) mass is 173 g/mol. The van der Waals surface area contributed by atoms with Gasteiger partial charge >= 0.3 is 5.97 Å². The molecule has 0 aliphatic heterocycles. The second-order valence-corrected chi connectivity index (χ2v) is 3.09. The fourth-order valence-corrected chi connectivity index (χ4v) is 1.35. The van der Waals surface area contributed by atoms with Crippen molar-refractivity contribution in [2.24, 2.45) is 0 Å². The molecule has 0 rings (SSSR count). The molecule has 0 aliphatic rings. The number of carboxylic acids is 1. The lowest BCUT2D eigenvalue weighted by Gasteiger charge is -2.25. The summed E-state index contributed by atoms with van der Waals surface area (Å²) >= 11 is 0. The molecular formula is C9H19NO2. The first-order chi connectivity index (χ1) is 5.61. The third-order valence-electron chi connectivity index (χ3n) is 2.07. The summed E-state index contributed by atoms with van der Waals surface area (Å²) in [7, 11) is 0. The Balaban J connectivity index is 3.86. The highest BCUT2D eigenvalue weighted by Gasteiger charge is 2.13. The summed E-state index contributed by atoms with van der Waals surface area (Å²) in [6, 6.07) is 0.385. The van der Waals surface area contributed by atoms with Gasteiger partial charge in [-0.1, -0.05) is 20.3 Å². The number of carboxylic acid groups (broad SMARTS) is 1. The highest BCUT2D eigenvalue weighted by molar-refractivity contribution is 5.69. The molecule has 0 amide bonds. The fourth-order valence-electron chi connectivity index (χ4n) is 1.35. The first-order valence-electron chi connectivity index (χ1n) is 4.57. The van der Waals surface area contributed by atoms with Gasteiger partial charge in [-0.05, 0) is 19.9 Å². The van der Waals surface area contributed by atoms with Gasteiger partial charge in [-0.3, -0.25) is 9.69 Å². The molecule has 0 bridgehead atoms. The van der Waals surface area contributed by atoms with Crippen LogP contribution in [0.4, 0.5) is 0 Å². The Morgan fingerprint density at radius 2 is 2.08 bits per heavy atom. The van der Waals surface area contributed by atoms with Gasteiger partial charge in [0, 0.05) is 6.04 Å². The Morgan fingerprint density at radius 1 is 1.50 bits per heavy atom. The summed E-state index contributed by atoms with van der Waals surface area (Å²) in [5.74, 6) is -0.736. The normalized spacial score (nSPS) is 13.3. The third-order valence-corrected chi connectivity index (χ3v) is 2.07. The van der Waals surface area contributed by atoms with Crippen LogP contribution in [0.1, 0.15) is 33.6 Å². The molecule has 1 unspecified atom stereocenters. The van der Waals surface area contributed by atoms with Gasteiger partial charge in [-0.25, -0.2) is 0 Å². The number of hydrogen-bond acceptors (Lipinski definition) is 2. The Morgan fingerprint density at radius 3 is 2.42 bits per heavy atom. The van der Waals surface area contributed by atoms with Crippen LogP contribution in [0, 0.1) is 0 Å². The van der Waals surface area contributed by atoms with Gasteiger partial charge in [0.2, 0.25) is 0 Å². The summed E-state index contributed by atoms with van der Waals surface area (Å²) in [4.78, 5) is 12.4. The second-order valence-electron chi connectivity index (χ2n) is 3.09. The number of likely N-dealkylation sites (N-methyl/N-ethyl adjacent to an activating group) is 1. The van der Waals surface area contributed by atoms with Crippen molar-refractivity contribution in [2.75, 3.05) is 13.1 Å². The predicted molar refractivity (Wildman–Crippen MR) is 49.3 cm³/mol. The summed E-state index contributed by atoms with van der Waals surface area (Å²) < 4.78 is 0. The Hall–Kier alpha value is -0.570. The fraction of sp³-hybridized carbons (Fsp3) is 0.889. The zero-order valence-electron chi connectivity index (χ0n) is 8.21. The van der Waals surface area contributed by atoms with Crippen molar-refractivity contribution in [3.8, 4) is 0 Å². The van der Waals surface area contributed by atoms with Crippen molar-refractivity contribution < 1.29 is 9.90 Å². The highest BCUT2D eigenvalue weighted by Crippen LogP contribution is 2.05. The van der Waals surface area contributed by atoms with Crippen LogP contribution in [-0.2, 0) is 4.79 Å². The average molecular weight is 173 g/mol. The number of nitrogens with zero attached hydrogens (tertiary/aromatic N) is 1. The summed E-state index contributed by atoms with van der Waals surface area (Å²) in [6.45, 7) is 7.17. The zero-order valence-corrected chi connectivity index (χ0v) is 8.21. The topological polar surface area (TPSA) is 40.5 Å². The van der Waals surface area contributed by atoms with Crippen molar-refractivity contribution in [3.05, 3.63) is 0 Å². The molecule has 3 heteroatoms. The summed E-state index contributed by atoms with van der Waals surface area (Å²) in [5.41, 5.74) is 0. The van der Waals surface area contributed by atoms with Crippen molar-refractivity contribution in [1.82, 2.24) is 4.90 Å². The van der Waals surface area contributed by atoms with Gasteiger partial charge in [-0.2, -0.15) is 0 Å². The standard InChI is InChI=1S/C9H19NO2/c1-4-6-8(3)10(5-2)7-9(11)12/h8H,4-7H2,1-3H3,(H,11,12). The Labute approximate surface area is 74.4 Å². The van der Waals surface area contributed by atoms with Gasteiger partial charge in [-0.15, -0.1) is 0 Å². The molecule has 0 radical (unpaired) electrons. The maximum atomic E-state index is 10.4. The molecule has 0 saturated carbocycles. The molecule has 1 N–H and O–H groups in total. The van der Waals surface area contributed by atoms with Crippen molar-refractivity contribution in [2.45, 2.75) is 39.7 Å². The minimum absolute atomic E-state index is 0.164. The zero-order chi connectivity index (χ0) is 9.56. The SMILES string of the molecule is CCCC(C)N(CC)CC(=O)O. The first kappa shape index (κ1) is 11.4. The van der Waals surface area contributed by atoms with E-state index in [4.69, 9.17) is 5.11 Å². The Kier molecular flexibility index (Phi) is 5.72. The molecule has 72 valence electrons. The van der Waals surface area contributed by atoms with Crippen LogP contribution in [0.2, 0.25) is 0 Å². The van der Waals surface area contributed by atoms with Crippen LogP contribution in [0.25, 0.3) is 0 Å². The molecule has 1 atom stereocenters. The van der Waals surface area contributed by atoms with E-state index in [9.17, 15) is 4.79 Å². The van der Waals surface area contributed by atoms with Crippen molar-refractivity contribution in [1.29, 1.82) is 0 Å².